The maximum atomic E-state index is 12.3. The molecule has 2 rings (SSSR count). The van der Waals surface area contributed by atoms with Gasteiger partial charge in [-0.25, -0.2) is 4.98 Å². The minimum absolute atomic E-state index is 0.0481. The Bertz CT molecular complexity index is 511. The van der Waals surface area contributed by atoms with E-state index in [0.29, 0.717) is 25.6 Å². The number of nitrogens with one attached hydrogen (secondary N) is 1. The monoisotopic (exact) mass is 280 g/mol. The van der Waals surface area contributed by atoms with Gasteiger partial charge in [0.05, 0.1) is 0 Å². The highest BCUT2D eigenvalue weighted by Crippen LogP contribution is 2.34. The van der Waals surface area contributed by atoms with Crippen molar-refractivity contribution in [2.45, 2.75) is 52.1 Å². The summed E-state index contributed by atoms with van der Waals surface area (Å²) in [7, 11) is 0. The molecule has 0 spiro atoms. The van der Waals surface area contributed by atoms with Gasteiger partial charge in [-0.2, -0.15) is 0 Å². The summed E-state index contributed by atoms with van der Waals surface area (Å²) in [5.74, 6) is 0.813. The molecule has 1 aliphatic heterocycles. The normalized spacial score (nSPS) is 18.4. The number of aromatic amines is 1. The lowest BCUT2D eigenvalue weighted by atomic mass is 9.92. The number of rotatable bonds is 4. The van der Waals surface area contributed by atoms with Gasteiger partial charge in [-0.3, -0.25) is 4.79 Å². The molecule has 20 heavy (non-hydrogen) atoms. The summed E-state index contributed by atoms with van der Waals surface area (Å²) in [5.41, 5.74) is 0.997. The SMILES string of the molecule is CCOC1(c2nc(C)c(C(C)C)c(=O)[nH]2)CCOCC1. The van der Waals surface area contributed by atoms with E-state index < -0.39 is 5.60 Å². The predicted octanol–water partition coefficient (Wildman–Crippen LogP) is 2.24. The smallest absolute Gasteiger partial charge is 0.254 e. The number of aryl methyl sites for hydroxylation is 1. The van der Waals surface area contributed by atoms with Crippen LogP contribution >= 0.6 is 0 Å². The summed E-state index contributed by atoms with van der Waals surface area (Å²) >= 11 is 0. The van der Waals surface area contributed by atoms with Crippen molar-refractivity contribution in [3.05, 3.63) is 27.4 Å². The molecular weight excluding hydrogens is 256 g/mol. The lowest BCUT2D eigenvalue weighted by Gasteiger charge is -2.36. The van der Waals surface area contributed by atoms with Gasteiger partial charge in [0, 0.05) is 43.9 Å². The number of aromatic nitrogens is 2. The molecule has 2 heterocycles. The van der Waals surface area contributed by atoms with Gasteiger partial charge in [-0.05, 0) is 19.8 Å². The zero-order chi connectivity index (χ0) is 14.8. The highest BCUT2D eigenvalue weighted by Gasteiger charge is 2.38. The maximum Gasteiger partial charge on any atom is 0.254 e. The fourth-order valence-electron chi connectivity index (χ4n) is 2.92. The van der Waals surface area contributed by atoms with Crippen LogP contribution < -0.4 is 5.56 Å². The van der Waals surface area contributed by atoms with Crippen molar-refractivity contribution in [3.63, 3.8) is 0 Å². The third-order valence-corrected chi connectivity index (χ3v) is 3.88. The first-order chi connectivity index (χ1) is 9.50. The van der Waals surface area contributed by atoms with Crippen LogP contribution in [0.4, 0.5) is 0 Å². The molecule has 0 bridgehead atoms. The molecule has 5 heteroatoms. The molecule has 1 saturated heterocycles. The quantitative estimate of drug-likeness (QED) is 0.918. The van der Waals surface area contributed by atoms with Crippen LogP contribution in [-0.2, 0) is 15.1 Å². The second-order valence-electron chi connectivity index (χ2n) is 5.61. The molecule has 0 aromatic carbocycles. The van der Waals surface area contributed by atoms with Gasteiger partial charge >= 0.3 is 0 Å². The summed E-state index contributed by atoms with van der Waals surface area (Å²) in [5, 5.41) is 0. The molecule has 5 nitrogen and oxygen atoms in total. The summed E-state index contributed by atoms with van der Waals surface area (Å²) in [6, 6.07) is 0. The van der Waals surface area contributed by atoms with E-state index in [-0.39, 0.29) is 11.5 Å². The highest BCUT2D eigenvalue weighted by molar-refractivity contribution is 5.22. The first kappa shape index (κ1) is 15.2. The van der Waals surface area contributed by atoms with Gasteiger partial charge in [0.15, 0.2) is 0 Å². The Hall–Kier alpha value is -1.20. The van der Waals surface area contributed by atoms with Crippen molar-refractivity contribution in [3.8, 4) is 0 Å². The Morgan fingerprint density at radius 1 is 1.40 bits per heavy atom. The molecule has 0 radical (unpaired) electrons. The Labute approximate surface area is 119 Å². The molecule has 0 amide bonds. The van der Waals surface area contributed by atoms with Crippen LogP contribution in [0.1, 0.15) is 56.6 Å². The molecule has 0 unspecified atom stereocenters. The number of nitrogens with zero attached hydrogens (tertiary/aromatic N) is 1. The van der Waals surface area contributed by atoms with E-state index in [2.05, 4.69) is 9.97 Å². The van der Waals surface area contributed by atoms with Gasteiger partial charge in [-0.15, -0.1) is 0 Å². The van der Waals surface area contributed by atoms with E-state index in [1.165, 1.54) is 0 Å². The van der Waals surface area contributed by atoms with Gasteiger partial charge in [0.2, 0.25) is 0 Å². The van der Waals surface area contributed by atoms with Crippen molar-refractivity contribution < 1.29 is 9.47 Å². The van der Waals surface area contributed by atoms with Gasteiger partial charge in [0.1, 0.15) is 11.4 Å². The summed E-state index contributed by atoms with van der Waals surface area (Å²) in [6.45, 7) is 9.73. The Balaban J connectivity index is 2.47. The highest BCUT2D eigenvalue weighted by atomic mass is 16.5. The number of hydrogen-bond donors (Lipinski definition) is 1. The zero-order valence-corrected chi connectivity index (χ0v) is 12.8. The fourth-order valence-corrected chi connectivity index (χ4v) is 2.92. The van der Waals surface area contributed by atoms with Gasteiger partial charge < -0.3 is 14.5 Å². The molecule has 1 fully saturated rings. The topological polar surface area (TPSA) is 64.2 Å². The van der Waals surface area contributed by atoms with Crippen LogP contribution in [0, 0.1) is 6.92 Å². The number of H-pyrrole nitrogens is 1. The van der Waals surface area contributed by atoms with E-state index in [1.807, 2.05) is 27.7 Å². The standard InChI is InChI=1S/C15H24N2O3/c1-5-20-15(6-8-19-9-7-15)14-16-11(4)12(10(2)3)13(18)17-14/h10H,5-9H2,1-4H3,(H,16,17,18). The van der Waals surface area contributed by atoms with Crippen LogP contribution in [0.15, 0.2) is 4.79 Å². The van der Waals surface area contributed by atoms with Crippen LogP contribution in [0.3, 0.4) is 0 Å². The minimum Gasteiger partial charge on any atom is -0.381 e. The van der Waals surface area contributed by atoms with Crippen molar-refractivity contribution in [1.82, 2.24) is 9.97 Å². The average molecular weight is 280 g/mol. The van der Waals surface area contributed by atoms with Crippen molar-refractivity contribution in [2.24, 2.45) is 0 Å². The van der Waals surface area contributed by atoms with Crippen molar-refractivity contribution in [2.75, 3.05) is 19.8 Å². The van der Waals surface area contributed by atoms with Crippen LogP contribution in [0.25, 0.3) is 0 Å². The second kappa shape index (κ2) is 6.06. The molecule has 1 aromatic rings. The lowest BCUT2D eigenvalue weighted by molar-refractivity contribution is -0.118. The molecule has 1 aromatic heterocycles. The first-order valence-electron chi connectivity index (χ1n) is 7.33. The molecule has 0 atom stereocenters. The predicted molar refractivity (Wildman–Crippen MR) is 77.0 cm³/mol. The first-order valence-corrected chi connectivity index (χ1v) is 7.33. The number of hydrogen-bond acceptors (Lipinski definition) is 4. The van der Waals surface area contributed by atoms with E-state index in [9.17, 15) is 4.79 Å². The molecular formula is C15H24N2O3. The van der Waals surface area contributed by atoms with Crippen LogP contribution in [-0.4, -0.2) is 29.8 Å². The van der Waals surface area contributed by atoms with E-state index in [1.54, 1.807) is 0 Å². The summed E-state index contributed by atoms with van der Waals surface area (Å²) < 4.78 is 11.4. The average Bonchev–Trinajstić information content (AvgIpc) is 2.38. The molecule has 1 N–H and O–H groups in total. The van der Waals surface area contributed by atoms with E-state index in [4.69, 9.17) is 9.47 Å². The maximum absolute atomic E-state index is 12.3. The third kappa shape index (κ3) is 2.79. The van der Waals surface area contributed by atoms with Crippen molar-refractivity contribution in [1.29, 1.82) is 0 Å². The van der Waals surface area contributed by atoms with E-state index in [0.717, 1.165) is 24.1 Å². The minimum atomic E-state index is -0.508. The summed E-state index contributed by atoms with van der Waals surface area (Å²) in [6.07, 6.45) is 1.45. The number of ether oxygens (including phenoxy) is 2. The second-order valence-corrected chi connectivity index (χ2v) is 5.61. The molecule has 112 valence electrons. The fraction of sp³-hybridized carbons (Fsp3) is 0.733. The largest absolute Gasteiger partial charge is 0.381 e. The van der Waals surface area contributed by atoms with Crippen LogP contribution in [0.5, 0.6) is 0 Å². The van der Waals surface area contributed by atoms with E-state index >= 15 is 0 Å². The van der Waals surface area contributed by atoms with Gasteiger partial charge in [-0.1, -0.05) is 13.8 Å². The third-order valence-electron chi connectivity index (χ3n) is 3.88. The Kier molecular flexibility index (Phi) is 4.60. The molecule has 0 saturated carbocycles. The van der Waals surface area contributed by atoms with Crippen LogP contribution in [0.2, 0.25) is 0 Å². The zero-order valence-electron chi connectivity index (χ0n) is 12.8. The molecule has 0 aliphatic carbocycles. The Morgan fingerprint density at radius 3 is 2.55 bits per heavy atom. The lowest BCUT2D eigenvalue weighted by Crippen LogP contribution is -2.40. The van der Waals surface area contributed by atoms with Gasteiger partial charge in [0.25, 0.3) is 5.56 Å². The molecule has 1 aliphatic rings. The summed E-state index contributed by atoms with van der Waals surface area (Å²) in [4.78, 5) is 19.9. The van der Waals surface area contributed by atoms with Crippen molar-refractivity contribution >= 4 is 0 Å². The Morgan fingerprint density at radius 2 is 2.05 bits per heavy atom.